The minimum atomic E-state index is -3.79. The molecule has 1 heterocycles. The summed E-state index contributed by atoms with van der Waals surface area (Å²) in [7, 11) is -3.79. The van der Waals surface area contributed by atoms with E-state index in [9.17, 15) is 18.7 Å². The molecule has 25 heavy (non-hydrogen) atoms. The number of aromatic hydroxyl groups is 1. The highest BCUT2D eigenvalue weighted by atomic mass is 35.5. The maximum atomic E-state index is 11.2. The van der Waals surface area contributed by atoms with Crippen LogP contribution in [0, 0.1) is 6.92 Å². The number of rotatable bonds is 3. The zero-order valence-corrected chi connectivity index (χ0v) is 14.5. The first-order valence-electron chi connectivity index (χ1n) is 6.96. The molecule has 0 amide bonds. The fraction of sp³-hybridized carbons (Fsp3) is 0.0667. The molecule has 0 unspecified atom stereocenters. The lowest BCUT2D eigenvalue weighted by molar-refractivity contribution is 0.168. The van der Waals surface area contributed by atoms with Crippen LogP contribution in [0.25, 0.3) is 10.9 Å². The van der Waals surface area contributed by atoms with Crippen molar-refractivity contribution < 1.29 is 18.7 Å². The summed E-state index contributed by atoms with van der Waals surface area (Å²) < 4.78 is 23.0. The zero-order valence-electron chi connectivity index (χ0n) is 12.9. The number of sulfonamides is 1. The van der Waals surface area contributed by atoms with Crippen molar-refractivity contribution in [3.05, 3.63) is 47.0 Å². The van der Waals surface area contributed by atoms with Gasteiger partial charge in [0.05, 0.1) is 26.5 Å². The topological polar surface area (TPSA) is 130 Å². The second-order valence-electron chi connectivity index (χ2n) is 5.36. The number of benzene rings is 2. The molecule has 0 bridgehead atoms. The molecular weight excluding hydrogens is 368 g/mol. The maximum Gasteiger partial charge on any atom is 0.254 e. The first-order chi connectivity index (χ1) is 11.7. The second kappa shape index (κ2) is 6.03. The molecule has 0 fully saturated rings. The molecule has 8 nitrogen and oxygen atoms in total. The number of nitrogens with zero attached hydrogens (tertiary/aromatic N) is 3. The van der Waals surface area contributed by atoms with Crippen LogP contribution in [0.15, 0.2) is 51.5 Å². The molecule has 0 aliphatic carbocycles. The van der Waals surface area contributed by atoms with Gasteiger partial charge in [-0.15, -0.1) is 9.84 Å². The number of hydrogen-bond donors (Lipinski definition) is 3. The molecule has 0 saturated heterocycles. The van der Waals surface area contributed by atoms with Crippen molar-refractivity contribution >= 4 is 43.9 Å². The molecule has 4 N–H and O–H groups in total. The van der Waals surface area contributed by atoms with Crippen molar-refractivity contribution in [2.24, 2.45) is 15.4 Å². The van der Waals surface area contributed by atoms with Crippen molar-refractivity contribution in [3.8, 4) is 5.88 Å². The summed E-state index contributed by atoms with van der Waals surface area (Å²) in [5, 5.41) is 33.6. The summed E-state index contributed by atoms with van der Waals surface area (Å²) in [5.41, 5.74) is 1.42. The molecule has 0 radical (unpaired) electrons. The molecular formula is C15H13ClN4O4S. The summed E-state index contributed by atoms with van der Waals surface area (Å²) in [5.74, 6) is -0.507. The molecule has 0 spiro atoms. The van der Waals surface area contributed by atoms with Crippen molar-refractivity contribution in [1.29, 1.82) is 0 Å². The second-order valence-corrected chi connectivity index (χ2v) is 7.33. The first kappa shape index (κ1) is 17.2. The van der Waals surface area contributed by atoms with Crippen LogP contribution < -0.4 is 5.14 Å². The average Bonchev–Trinajstić information content (AvgIpc) is 2.77. The van der Waals surface area contributed by atoms with E-state index in [2.05, 4.69) is 10.2 Å². The van der Waals surface area contributed by atoms with Crippen molar-refractivity contribution in [1.82, 2.24) is 4.73 Å². The van der Waals surface area contributed by atoms with Gasteiger partial charge in [-0.25, -0.2) is 13.6 Å². The quantitative estimate of drug-likeness (QED) is 0.473. The standard InChI is InChI=1S/C15H13ClN4O4S/c1-8-6-11(16)13-12(7-8)20(22)15(21)14(13)19-18-9-2-4-10(5-3-9)25(17,23)24/h2-7,21-22H,1H3,(H2,17,23,24). The molecule has 0 atom stereocenters. The minimum Gasteiger partial charge on any atom is -0.491 e. The Balaban J connectivity index is 2.06. The Hall–Kier alpha value is -2.62. The van der Waals surface area contributed by atoms with Crippen LogP contribution in [-0.2, 0) is 10.0 Å². The summed E-state index contributed by atoms with van der Waals surface area (Å²) in [4.78, 5) is -0.0558. The number of azo groups is 1. The van der Waals surface area contributed by atoms with Gasteiger partial charge in [0.25, 0.3) is 5.88 Å². The van der Waals surface area contributed by atoms with E-state index in [0.29, 0.717) is 26.3 Å². The van der Waals surface area contributed by atoms with Gasteiger partial charge in [-0.3, -0.25) is 0 Å². The molecule has 0 aliphatic rings. The lowest BCUT2D eigenvalue weighted by atomic mass is 10.2. The maximum absolute atomic E-state index is 11.2. The minimum absolute atomic E-state index is 0.00183. The third kappa shape index (κ3) is 3.16. The molecule has 2 aromatic carbocycles. The SMILES string of the molecule is Cc1cc(Cl)c2c(N=Nc3ccc(S(N)(=O)=O)cc3)c(O)n(O)c2c1. The fourth-order valence-electron chi connectivity index (χ4n) is 2.36. The van der Waals surface area contributed by atoms with Crippen LogP contribution in [0.1, 0.15) is 5.56 Å². The molecule has 130 valence electrons. The van der Waals surface area contributed by atoms with E-state index in [1.165, 1.54) is 24.3 Å². The van der Waals surface area contributed by atoms with Gasteiger partial charge in [0.2, 0.25) is 10.0 Å². The highest BCUT2D eigenvalue weighted by Gasteiger charge is 2.19. The van der Waals surface area contributed by atoms with E-state index >= 15 is 0 Å². The Kier molecular flexibility index (Phi) is 4.15. The van der Waals surface area contributed by atoms with Crippen LogP contribution in [0.5, 0.6) is 5.88 Å². The van der Waals surface area contributed by atoms with Crippen molar-refractivity contribution in [3.63, 3.8) is 0 Å². The van der Waals surface area contributed by atoms with Gasteiger partial charge >= 0.3 is 0 Å². The normalized spacial score (nSPS) is 12.3. The summed E-state index contributed by atoms with van der Waals surface area (Å²) >= 11 is 6.19. The van der Waals surface area contributed by atoms with Crippen LogP contribution in [0.4, 0.5) is 11.4 Å². The predicted octanol–water partition coefficient (Wildman–Crippen LogP) is 3.61. The lowest BCUT2D eigenvalue weighted by Gasteiger charge is -1.99. The van der Waals surface area contributed by atoms with E-state index in [-0.39, 0.29) is 10.6 Å². The molecule has 3 aromatic rings. The zero-order chi connectivity index (χ0) is 18.4. The van der Waals surface area contributed by atoms with Gasteiger partial charge in [0.1, 0.15) is 0 Å². The van der Waals surface area contributed by atoms with Gasteiger partial charge in [-0.2, -0.15) is 5.11 Å². The number of nitrogens with two attached hydrogens (primary N) is 1. The summed E-state index contributed by atoms with van der Waals surface area (Å²) in [6, 6.07) is 8.70. The Morgan fingerprint density at radius 3 is 2.40 bits per heavy atom. The predicted molar refractivity (Wildman–Crippen MR) is 92.5 cm³/mol. The van der Waals surface area contributed by atoms with Crippen molar-refractivity contribution in [2.75, 3.05) is 0 Å². The summed E-state index contributed by atoms with van der Waals surface area (Å²) in [6.45, 7) is 1.80. The molecule has 1 aromatic heterocycles. The van der Waals surface area contributed by atoms with Gasteiger partial charge < -0.3 is 10.3 Å². The van der Waals surface area contributed by atoms with Crippen molar-refractivity contribution in [2.45, 2.75) is 11.8 Å². The van der Waals surface area contributed by atoms with Gasteiger partial charge in [-0.05, 0) is 48.9 Å². The van der Waals surface area contributed by atoms with E-state index in [0.717, 1.165) is 5.56 Å². The number of fused-ring (bicyclic) bond motifs is 1. The third-order valence-corrected chi connectivity index (χ3v) is 4.75. The van der Waals surface area contributed by atoms with E-state index in [1.807, 2.05) is 0 Å². The Labute approximate surface area is 147 Å². The van der Waals surface area contributed by atoms with Crippen LogP contribution in [0.2, 0.25) is 5.02 Å². The van der Waals surface area contributed by atoms with E-state index < -0.39 is 15.9 Å². The Bertz CT molecular complexity index is 1110. The van der Waals surface area contributed by atoms with Gasteiger partial charge in [-0.1, -0.05) is 11.6 Å². The van der Waals surface area contributed by atoms with Gasteiger partial charge in [0, 0.05) is 0 Å². The Morgan fingerprint density at radius 1 is 1.16 bits per heavy atom. The molecule has 10 heteroatoms. The largest absolute Gasteiger partial charge is 0.491 e. The lowest BCUT2D eigenvalue weighted by Crippen LogP contribution is -2.11. The molecule has 0 aliphatic heterocycles. The number of hydrogen-bond acceptors (Lipinski definition) is 6. The van der Waals surface area contributed by atoms with E-state index in [1.54, 1.807) is 19.1 Å². The van der Waals surface area contributed by atoms with Crippen LogP contribution in [-0.4, -0.2) is 23.5 Å². The smallest absolute Gasteiger partial charge is 0.254 e. The number of aromatic nitrogens is 1. The fourth-order valence-corrected chi connectivity index (χ4v) is 3.23. The van der Waals surface area contributed by atoms with Gasteiger partial charge in [0.15, 0.2) is 5.69 Å². The first-order valence-corrected chi connectivity index (χ1v) is 8.88. The third-order valence-electron chi connectivity index (χ3n) is 3.52. The number of aryl methyl sites for hydroxylation is 1. The average molecular weight is 381 g/mol. The highest BCUT2D eigenvalue weighted by Crippen LogP contribution is 2.42. The van der Waals surface area contributed by atoms with Crippen LogP contribution in [0.3, 0.4) is 0 Å². The Morgan fingerprint density at radius 2 is 1.80 bits per heavy atom. The number of halogens is 1. The molecule has 3 rings (SSSR count). The highest BCUT2D eigenvalue weighted by molar-refractivity contribution is 7.89. The number of primary sulfonamides is 1. The monoisotopic (exact) mass is 380 g/mol. The molecule has 0 saturated carbocycles. The van der Waals surface area contributed by atoms with Crippen LogP contribution >= 0.6 is 11.6 Å². The summed E-state index contributed by atoms with van der Waals surface area (Å²) in [6.07, 6.45) is 0. The van der Waals surface area contributed by atoms with E-state index in [4.69, 9.17) is 16.7 Å².